The molecule has 0 saturated heterocycles. The van der Waals surface area contributed by atoms with Crippen LogP contribution in [0.5, 0.6) is 5.75 Å². The lowest BCUT2D eigenvalue weighted by molar-refractivity contribution is -0.123. The zero-order chi connectivity index (χ0) is 19.0. The number of benzene rings is 2. The summed E-state index contributed by atoms with van der Waals surface area (Å²) in [5, 5.41) is 2.63. The second kappa shape index (κ2) is 8.82. The van der Waals surface area contributed by atoms with E-state index in [1.807, 2.05) is 6.92 Å². The molecule has 7 heteroatoms. The molecule has 2 aromatic carbocycles. The number of unbranched alkanes of at least 4 members (excludes halogenated alkanes) is 2. The summed E-state index contributed by atoms with van der Waals surface area (Å²) in [6.45, 7) is 2.39. The molecule has 0 fully saturated rings. The van der Waals surface area contributed by atoms with E-state index in [1.165, 1.54) is 24.3 Å². The van der Waals surface area contributed by atoms with E-state index in [4.69, 9.17) is 9.92 Å². The van der Waals surface area contributed by atoms with Crippen molar-refractivity contribution in [2.75, 3.05) is 6.54 Å². The minimum Gasteiger partial charge on any atom is -0.380 e. The minimum atomic E-state index is -4.50. The molecule has 0 aliphatic heterocycles. The third kappa shape index (κ3) is 4.42. The largest absolute Gasteiger partial charge is 0.380 e. The van der Waals surface area contributed by atoms with Crippen LogP contribution in [0.3, 0.4) is 0 Å². The fourth-order valence-electron chi connectivity index (χ4n) is 2.45. The van der Waals surface area contributed by atoms with Crippen LogP contribution >= 0.6 is 0 Å². The molecular formula is C19H24N2O4S. The number of hydrogen-bond acceptors (Lipinski definition) is 5. The van der Waals surface area contributed by atoms with E-state index in [2.05, 4.69) is 5.32 Å². The average molecular weight is 376 g/mol. The Bertz CT molecular complexity index is 810. The van der Waals surface area contributed by atoms with Gasteiger partial charge in [0.25, 0.3) is 10.8 Å². The summed E-state index contributed by atoms with van der Waals surface area (Å²) in [5.41, 5.74) is 6.32. The van der Waals surface area contributed by atoms with Gasteiger partial charge in [0.05, 0.1) is 0 Å². The van der Waals surface area contributed by atoms with Crippen molar-refractivity contribution in [2.24, 2.45) is 5.73 Å². The lowest BCUT2D eigenvalue weighted by Crippen LogP contribution is -2.58. The molecular weight excluding hydrogens is 352 g/mol. The molecule has 0 aromatic heterocycles. The molecule has 0 aliphatic rings. The van der Waals surface area contributed by atoms with E-state index in [0.29, 0.717) is 6.54 Å². The Labute approximate surface area is 154 Å². The van der Waals surface area contributed by atoms with Crippen molar-refractivity contribution in [3.8, 4) is 5.75 Å². The van der Waals surface area contributed by atoms with Gasteiger partial charge in [-0.15, -0.1) is 0 Å². The number of amides is 1. The van der Waals surface area contributed by atoms with E-state index < -0.39 is 20.9 Å². The first-order valence-electron chi connectivity index (χ1n) is 8.53. The molecule has 2 rings (SSSR count). The Morgan fingerprint density at radius 3 is 2.19 bits per heavy atom. The number of carbonyl (C=O) groups excluding carboxylic acids is 1. The van der Waals surface area contributed by atoms with Gasteiger partial charge in [0, 0.05) is 12.1 Å². The van der Waals surface area contributed by atoms with Crippen LogP contribution in [-0.2, 0) is 19.8 Å². The van der Waals surface area contributed by atoms with Crippen molar-refractivity contribution >= 4 is 16.0 Å². The molecule has 1 atom stereocenters. The van der Waals surface area contributed by atoms with Gasteiger partial charge in [0.15, 0.2) is 0 Å². The predicted molar refractivity (Wildman–Crippen MR) is 101 cm³/mol. The van der Waals surface area contributed by atoms with Gasteiger partial charge in [-0.2, -0.15) is 8.42 Å². The molecule has 140 valence electrons. The third-order valence-corrected chi connectivity index (χ3v) is 5.57. The van der Waals surface area contributed by atoms with Gasteiger partial charge in [0.1, 0.15) is 5.75 Å². The molecule has 1 unspecified atom stereocenters. The van der Waals surface area contributed by atoms with Crippen molar-refractivity contribution in [3.63, 3.8) is 0 Å². The fourth-order valence-corrected chi connectivity index (χ4v) is 3.67. The van der Waals surface area contributed by atoms with Crippen LogP contribution in [0.2, 0.25) is 0 Å². The van der Waals surface area contributed by atoms with Gasteiger partial charge >= 0.3 is 10.1 Å². The normalized spacial score (nSPS) is 13.6. The highest BCUT2D eigenvalue weighted by atomic mass is 32.2. The summed E-state index contributed by atoms with van der Waals surface area (Å²) in [5.74, 6) is -0.715. The van der Waals surface area contributed by atoms with Crippen LogP contribution in [0.15, 0.2) is 60.7 Å². The Morgan fingerprint density at radius 1 is 1.04 bits per heavy atom. The molecule has 2 aromatic rings. The first-order valence-corrected chi connectivity index (χ1v) is 9.94. The third-order valence-electron chi connectivity index (χ3n) is 3.95. The topological polar surface area (TPSA) is 98.5 Å². The van der Waals surface area contributed by atoms with Crippen LogP contribution in [-0.4, -0.2) is 20.9 Å². The summed E-state index contributed by atoms with van der Waals surface area (Å²) in [4.78, 5) is 10.4. The van der Waals surface area contributed by atoms with Crippen molar-refractivity contribution in [3.05, 3.63) is 66.2 Å². The van der Waals surface area contributed by atoms with Crippen LogP contribution in [0.25, 0.3) is 0 Å². The summed E-state index contributed by atoms with van der Waals surface area (Å²) in [7, 11) is -4.50. The minimum absolute atomic E-state index is 0.0945. The fraction of sp³-hybridized carbons (Fsp3) is 0.316. The molecule has 26 heavy (non-hydrogen) atoms. The molecule has 0 heterocycles. The lowest BCUT2D eigenvalue weighted by Gasteiger charge is -2.27. The van der Waals surface area contributed by atoms with Crippen molar-refractivity contribution in [1.82, 2.24) is 5.32 Å². The number of rotatable bonds is 9. The van der Waals surface area contributed by atoms with Crippen molar-refractivity contribution in [2.45, 2.75) is 31.1 Å². The second-order valence-corrected chi connectivity index (χ2v) is 7.63. The van der Waals surface area contributed by atoms with Crippen LogP contribution < -0.4 is 15.2 Å². The Morgan fingerprint density at radius 2 is 1.62 bits per heavy atom. The highest BCUT2D eigenvalue weighted by molar-refractivity contribution is 7.88. The summed E-state index contributed by atoms with van der Waals surface area (Å²) in [6.07, 6.45) is 2.65. The van der Waals surface area contributed by atoms with Crippen LogP contribution in [0.4, 0.5) is 0 Å². The van der Waals surface area contributed by atoms with Crippen molar-refractivity contribution in [1.29, 1.82) is 0 Å². The van der Waals surface area contributed by atoms with E-state index in [-0.39, 0.29) is 11.3 Å². The molecule has 0 spiro atoms. The smallest absolute Gasteiger partial charge is 0.342 e. The summed E-state index contributed by atoms with van der Waals surface area (Å²) < 4.78 is 31.0. The van der Waals surface area contributed by atoms with Gasteiger partial charge in [0.2, 0.25) is 0 Å². The van der Waals surface area contributed by atoms with Gasteiger partial charge in [-0.05, 0) is 18.6 Å². The van der Waals surface area contributed by atoms with Gasteiger partial charge in [-0.1, -0.05) is 68.3 Å². The van der Waals surface area contributed by atoms with E-state index in [0.717, 1.165) is 19.3 Å². The number of nitrogens with one attached hydrogen (secondary N) is 1. The molecule has 1 amide bonds. The predicted octanol–water partition coefficient (Wildman–Crippen LogP) is 2.51. The monoisotopic (exact) mass is 376 g/mol. The molecule has 0 saturated carbocycles. The standard InChI is InChI=1S/C19H24N2O4S/c1-2-3-10-15-21-18(22)19(20,16-11-6-4-7-12-16)26(23,24)25-17-13-8-5-9-14-17/h4-9,11-14H,2-3,10,15,20H2,1H3,(H,21,22). The van der Waals surface area contributed by atoms with E-state index in [9.17, 15) is 13.2 Å². The second-order valence-electron chi connectivity index (χ2n) is 5.92. The van der Waals surface area contributed by atoms with Gasteiger partial charge in [-0.3, -0.25) is 10.5 Å². The Hall–Kier alpha value is -2.38. The molecule has 0 radical (unpaired) electrons. The quantitative estimate of drug-likeness (QED) is 0.518. The van der Waals surface area contributed by atoms with Crippen LogP contribution in [0.1, 0.15) is 31.7 Å². The maximum Gasteiger partial charge on any atom is 0.342 e. The average Bonchev–Trinajstić information content (AvgIpc) is 2.65. The Kier molecular flexibility index (Phi) is 6.76. The van der Waals surface area contributed by atoms with Crippen molar-refractivity contribution < 1.29 is 17.4 Å². The molecule has 6 nitrogen and oxygen atoms in total. The van der Waals surface area contributed by atoms with E-state index >= 15 is 0 Å². The van der Waals surface area contributed by atoms with Crippen LogP contribution in [0, 0.1) is 0 Å². The van der Waals surface area contributed by atoms with Gasteiger partial charge in [-0.25, -0.2) is 0 Å². The molecule has 3 N–H and O–H groups in total. The highest BCUT2D eigenvalue weighted by Gasteiger charge is 2.51. The first-order chi connectivity index (χ1) is 12.4. The lowest BCUT2D eigenvalue weighted by atomic mass is 10.1. The highest BCUT2D eigenvalue weighted by Crippen LogP contribution is 2.28. The SMILES string of the molecule is CCCCCNC(=O)C(N)(c1ccccc1)S(=O)(=O)Oc1ccccc1. The number of carbonyl (C=O) groups is 1. The Balaban J connectivity index is 2.35. The number of nitrogens with two attached hydrogens (primary N) is 1. The number of hydrogen-bond donors (Lipinski definition) is 2. The maximum absolute atomic E-state index is 12.9. The molecule has 0 aliphatic carbocycles. The zero-order valence-electron chi connectivity index (χ0n) is 14.7. The zero-order valence-corrected chi connectivity index (χ0v) is 15.5. The maximum atomic E-state index is 12.9. The summed E-state index contributed by atoms with van der Waals surface area (Å²) in [6, 6.07) is 15.9. The number of para-hydroxylation sites is 1. The first kappa shape index (κ1) is 19.9. The summed E-state index contributed by atoms with van der Waals surface area (Å²) >= 11 is 0. The van der Waals surface area contributed by atoms with E-state index in [1.54, 1.807) is 36.4 Å². The van der Waals surface area contributed by atoms with Gasteiger partial charge < -0.3 is 9.50 Å². The molecule has 0 bridgehead atoms.